The van der Waals surface area contributed by atoms with Crippen LogP contribution < -0.4 is 4.90 Å². The van der Waals surface area contributed by atoms with Crippen molar-refractivity contribution in [1.82, 2.24) is 9.88 Å². The van der Waals surface area contributed by atoms with Crippen LogP contribution in [0.15, 0.2) is 16.7 Å². The third-order valence-corrected chi connectivity index (χ3v) is 4.03. The molecular formula is C13H17BrFN3O. The Bertz CT molecular complexity index is 475. The Labute approximate surface area is 120 Å². The van der Waals surface area contributed by atoms with Crippen molar-refractivity contribution in [2.45, 2.75) is 25.8 Å². The van der Waals surface area contributed by atoms with E-state index < -0.39 is 0 Å². The summed E-state index contributed by atoms with van der Waals surface area (Å²) in [6.45, 7) is 3.00. The maximum atomic E-state index is 13.8. The molecule has 4 nitrogen and oxygen atoms in total. The lowest BCUT2D eigenvalue weighted by molar-refractivity contribution is -0.129. The van der Waals surface area contributed by atoms with E-state index in [9.17, 15) is 9.18 Å². The lowest BCUT2D eigenvalue weighted by Crippen LogP contribution is -2.45. The Morgan fingerprint density at radius 3 is 2.68 bits per heavy atom. The minimum Gasteiger partial charge on any atom is -0.354 e. The molecule has 6 heteroatoms. The van der Waals surface area contributed by atoms with E-state index in [1.807, 2.05) is 11.9 Å². The number of carbonyl (C=O) groups is 1. The van der Waals surface area contributed by atoms with Gasteiger partial charge in [0, 0.05) is 43.8 Å². The summed E-state index contributed by atoms with van der Waals surface area (Å²) in [5.74, 6) is 0.159. The van der Waals surface area contributed by atoms with Crippen LogP contribution in [0.2, 0.25) is 0 Å². The first kappa shape index (κ1) is 14.2. The van der Waals surface area contributed by atoms with E-state index in [-0.39, 0.29) is 17.8 Å². The summed E-state index contributed by atoms with van der Waals surface area (Å²) >= 11 is 3.20. The van der Waals surface area contributed by atoms with E-state index >= 15 is 0 Å². The molecule has 2 heterocycles. The molecule has 0 spiro atoms. The Balaban J connectivity index is 2.02. The van der Waals surface area contributed by atoms with Crippen molar-refractivity contribution >= 4 is 27.7 Å². The number of hydrogen-bond donors (Lipinski definition) is 0. The highest BCUT2D eigenvalue weighted by Crippen LogP contribution is 2.24. The Hall–Kier alpha value is -1.17. The number of carbonyl (C=O) groups excluding carboxylic acids is 1. The molecule has 1 aliphatic rings. The second kappa shape index (κ2) is 5.86. The van der Waals surface area contributed by atoms with Crippen LogP contribution in [0.5, 0.6) is 0 Å². The molecule has 0 saturated carbocycles. The average molecular weight is 330 g/mol. The normalized spacial score (nSPS) is 16.5. The molecule has 2 rings (SSSR count). The summed E-state index contributed by atoms with van der Waals surface area (Å²) in [4.78, 5) is 19.2. The number of pyridine rings is 1. The maximum Gasteiger partial charge on any atom is 0.219 e. The molecule has 0 N–H and O–H groups in total. The van der Waals surface area contributed by atoms with E-state index in [4.69, 9.17) is 0 Å². The summed E-state index contributed by atoms with van der Waals surface area (Å²) in [6, 6.07) is 1.67. The molecule has 0 radical (unpaired) electrons. The van der Waals surface area contributed by atoms with Crippen molar-refractivity contribution in [1.29, 1.82) is 0 Å². The minimum atomic E-state index is -0.312. The van der Waals surface area contributed by atoms with E-state index in [0.29, 0.717) is 23.4 Å². The van der Waals surface area contributed by atoms with Gasteiger partial charge in [-0.25, -0.2) is 9.37 Å². The number of nitrogens with zero attached hydrogens (tertiary/aromatic N) is 3. The zero-order valence-corrected chi connectivity index (χ0v) is 12.7. The van der Waals surface area contributed by atoms with Crippen molar-refractivity contribution < 1.29 is 9.18 Å². The smallest absolute Gasteiger partial charge is 0.219 e. The predicted molar refractivity (Wildman–Crippen MR) is 75.6 cm³/mol. The lowest BCUT2D eigenvalue weighted by Gasteiger charge is -2.37. The number of rotatable bonds is 2. The number of hydrogen-bond acceptors (Lipinski definition) is 3. The molecule has 0 bridgehead atoms. The molecule has 0 aromatic carbocycles. The van der Waals surface area contributed by atoms with Crippen molar-refractivity contribution in [3.05, 3.63) is 22.6 Å². The van der Waals surface area contributed by atoms with E-state index in [0.717, 1.165) is 12.8 Å². The molecule has 1 aromatic heterocycles. The Morgan fingerprint density at radius 2 is 2.16 bits per heavy atom. The second-order valence-electron chi connectivity index (χ2n) is 4.81. The van der Waals surface area contributed by atoms with Crippen LogP contribution in [0.25, 0.3) is 0 Å². The van der Waals surface area contributed by atoms with Gasteiger partial charge in [-0.3, -0.25) is 4.79 Å². The van der Waals surface area contributed by atoms with Gasteiger partial charge in [-0.2, -0.15) is 0 Å². The van der Waals surface area contributed by atoms with Gasteiger partial charge in [-0.15, -0.1) is 0 Å². The molecule has 0 unspecified atom stereocenters. The highest BCUT2D eigenvalue weighted by atomic mass is 79.9. The number of piperidine rings is 1. The molecule has 0 atom stereocenters. The number of aromatic nitrogens is 1. The largest absolute Gasteiger partial charge is 0.354 e. The number of anilines is 1. The van der Waals surface area contributed by atoms with Crippen molar-refractivity contribution in [2.75, 3.05) is 25.0 Å². The van der Waals surface area contributed by atoms with E-state index in [1.165, 1.54) is 6.07 Å². The number of halogens is 2. The first-order valence-corrected chi connectivity index (χ1v) is 7.07. The van der Waals surface area contributed by atoms with Crippen LogP contribution in [0, 0.1) is 5.82 Å². The van der Waals surface area contributed by atoms with Gasteiger partial charge in [0.1, 0.15) is 0 Å². The van der Waals surface area contributed by atoms with Gasteiger partial charge >= 0.3 is 0 Å². The highest BCUT2D eigenvalue weighted by molar-refractivity contribution is 9.10. The number of amides is 1. The van der Waals surface area contributed by atoms with E-state index in [1.54, 1.807) is 18.0 Å². The van der Waals surface area contributed by atoms with Gasteiger partial charge in [0.25, 0.3) is 0 Å². The van der Waals surface area contributed by atoms with Crippen molar-refractivity contribution in [2.24, 2.45) is 0 Å². The van der Waals surface area contributed by atoms with Crippen molar-refractivity contribution in [3.63, 3.8) is 0 Å². The fourth-order valence-corrected chi connectivity index (χ4v) is 2.67. The first-order valence-electron chi connectivity index (χ1n) is 6.28. The monoisotopic (exact) mass is 329 g/mol. The Kier molecular flexibility index (Phi) is 4.39. The first-order chi connectivity index (χ1) is 8.99. The lowest BCUT2D eigenvalue weighted by atomic mass is 10.0. The summed E-state index contributed by atoms with van der Waals surface area (Å²) in [7, 11) is 1.82. The summed E-state index contributed by atoms with van der Waals surface area (Å²) in [5.41, 5.74) is 0. The molecule has 0 aliphatic carbocycles. The van der Waals surface area contributed by atoms with Crippen LogP contribution in [-0.2, 0) is 4.79 Å². The molecule has 1 fully saturated rings. The van der Waals surface area contributed by atoms with Crippen LogP contribution in [0.4, 0.5) is 10.2 Å². The maximum absolute atomic E-state index is 13.8. The highest BCUT2D eigenvalue weighted by Gasteiger charge is 2.25. The van der Waals surface area contributed by atoms with Gasteiger partial charge in [-0.05, 0) is 34.8 Å². The predicted octanol–water partition coefficient (Wildman–Crippen LogP) is 2.43. The standard InChI is InChI=1S/C13H17BrFN3O/c1-9(19)17(2)11-3-5-18(6-4-11)13-12(15)7-10(14)8-16-13/h7-8,11H,3-6H2,1-2H3. The van der Waals surface area contributed by atoms with Crippen LogP contribution in [0.1, 0.15) is 19.8 Å². The summed E-state index contributed by atoms with van der Waals surface area (Å²) in [5, 5.41) is 0. The minimum absolute atomic E-state index is 0.0754. The molecular weight excluding hydrogens is 313 g/mol. The summed E-state index contributed by atoms with van der Waals surface area (Å²) in [6.07, 6.45) is 3.28. The van der Waals surface area contributed by atoms with Crippen LogP contribution in [-0.4, -0.2) is 42.0 Å². The molecule has 1 aliphatic heterocycles. The third-order valence-electron chi connectivity index (χ3n) is 3.60. The molecule has 104 valence electrons. The molecule has 1 saturated heterocycles. The fourth-order valence-electron chi connectivity index (χ4n) is 2.36. The second-order valence-corrected chi connectivity index (χ2v) is 5.72. The molecule has 1 aromatic rings. The van der Waals surface area contributed by atoms with Gasteiger partial charge in [0.05, 0.1) is 0 Å². The van der Waals surface area contributed by atoms with Gasteiger partial charge in [0.15, 0.2) is 11.6 Å². The molecule has 1 amide bonds. The SMILES string of the molecule is CC(=O)N(C)C1CCN(c2ncc(Br)cc2F)CC1. The van der Waals surface area contributed by atoms with Gasteiger partial charge in [0.2, 0.25) is 5.91 Å². The zero-order valence-electron chi connectivity index (χ0n) is 11.1. The molecule has 19 heavy (non-hydrogen) atoms. The fraction of sp³-hybridized carbons (Fsp3) is 0.538. The van der Waals surface area contributed by atoms with E-state index in [2.05, 4.69) is 20.9 Å². The third kappa shape index (κ3) is 3.23. The topological polar surface area (TPSA) is 36.4 Å². The zero-order chi connectivity index (χ0) is 14.0. The van der Waals surface area contributed by atoms with Crippen molar-refractivity contribution in [3.8, 4) is 0 Å². The van der Waals surface area contributed by atoms with Gasteiger partial charge < -0.3 is 9.80 Å². The van der Waals surface area contributed by atoms with Crippen LogP contribution in [0.3, 0.4) is 0 Å². The average Bonchev–Trinajstić information content (AvgIpc) is 2.38. The van der Waals surface area contributed by atoms with Crippen LogP contribution >= 0.6 is 15.9 Å². The summed E-state index contributed by atoms with van der Waals surface area (Å²) < 4.78 is 14.5. The quantitative estimate of drug-likeness (QED) is 0.836. The van der Waals surface area contributed by atoms with Gasteiger partial charge in [-0.1, -0.05) is 0 Å². The Morgan fingerprint density at radius 1 is 1.53 bits per heavy atom.